The second-order valence-corrected chi connectivity index (χ2v) is 9.09. The van der Waals surface area contributed by atoms with Crippen LogP contribution in [0.1, 0.15) is 37.9 Å². The molecule has 0 unspecified atom stereocenters. The van der Waals surface area contributed by atoms with Crippen LogP contribution in [-0.2, 0) is 27.2 Å². The number of benzene rings is 1. The Morgan fingerprint density at radius 1 is 1.18 bits per heavy atom. The summed E-state index contributed by atoms with van der Waals surface area (Å²) in [5.41, 5.74) is 0. The molecule has 2 aliphatic rings. The molecule has 34 heavy (non-hydrogen) atoms. The molecule has 0 aliphatic carbocycles. The lowest BCUT2D eigenvalue weighted by atomic mass is 9.90. The number of morpholine rings is 1. The molecule has 2 fully saturated rings. The predicted octanol–water partition coefficient (Wildman–Crippen LogP) is 2.76. The van der Waals surface area contributed by atoms with E-state index in [0.29, 0.717) is 87.6 Å². The molecule has 2 amide bonds. The molecule has 2 aromatic rings. The first kappa shape index (κ1) is 24.5. The first-order valence-corrected chi connectivity index (χ1v) is 12.3. The molecule has 9 nitrogen and oxygen atoms in total. The van der Waals surface area contributed by atoms with Gasteiger partial charge in [0.15, 0.2) is 5.82 Å². The van der Waals surface area contributed by atoms with E-state index in [1.54, 1.807) is 12.1 Å². The van der Waals surface area contributed by atoms with Gasteiger partial charge in [-0.1, -0.05) is 29.7 Å². The van der Waals surface area contributed by atoms with Crippen LogP contribution in [-0.4, -0.2) is 77.3 Å². The summed E-state index contributed by atoms with van der Waals surface area (Å²) in [5, 5.41) is 4.48. The van der Waals surface area contributed by atoms with Gasteiger partial charge in [-0.25, -0.2) is 0 Å². The number of piperidine rings is 1. The average Bonchev–Trinajstić information content (AvgIpc) is 3.32. The molecule has 0 spiro atoms. The Hall–Kier alpha value is -2.65. The molecule has 1 aromatic heterocycles. The van der Waals surface area contributed by atoms with E-state index in [-0.39, 0.29) is 30.3 Å². The molecule has 2 aliphatic heterocycles. The van der Waals surface area contributed by atoms with E-state index >= 15 is 0 Å². The minimum Gasteiger partial charge on any atom is -0.490 e. The quantitative estimate of drug-likeness (QED) is 0.561. The smallest absolute Gasteiger partial charge is 0.227 e. The first-order valence-electron chi connectivity index (χ1n) is 11.9. The van der Waals surface area contributed by atoms with Crippen LogP contribution < -0.4 is 4.74 Å². The zero-order valence-electron chi connectivity index (χ0n) is 19.5. The van der Waals surface area contributed by atoms with Crippen molar-refractivity contribution in [1.82, 2.24) is 19.9 Å². The van der Waals surface area contributed by atoms with Crippen molar-refractivity contribution in [2.75, 3.05) is 39.4 Å². The number of halogens is 1. The summed E-state index contributed by atoms with van der Waals surface area (Å²) in [6.45, 7) is 5.28. The minimum atomic E-state index is -0.185. The molecule has 10 heteroatoms. The number of hydrogen-bond acceptors (Lipinski definition) is 7. The van der Waals surface area contributed by atoms with Crippen LogP contribution in [0.15, 0.2) is 28.8 Å². The summed E-state index contributed by atoms with van der Waals surface area (Å²) in [7, 11) is 0. The highest BCUT2D eigenvalue weighted by Gasteiger charge is 2.35. The fraction of sp³-hybridized carbons (Fsp3) is 0.583. The highest BCUT2D eigenvalue weighted by Crippen LogP contribution is 2.28. The summed E-state index contributed by atoms with van der Waals surface area (Å²) >= 11 is 6.12. The largest absolute Gasteiger partial charge is 0.490 e. The van der Waals surface area contributed by atoms with Gasteiger partial charge in [-0.15, -0.1) is 0 Å². The number of likely N-dealkylation sites (tertiary alicyclic amines) is 1. The van der Waals surface area contributed by atoms with Crippen LogP contribution >= 0.6 is 11.6 Å². The standard InChI is InChI=1S/C24H31ClN4O5/c1-2-21-26-22(34-27-21)6-7-23(30)29-9-8-20(33-19-5-3-4-18(25)15-19)17(16-29)14-24(31)28-10-12-32-13-11-28/h3-5,15,17,20H,2,6-14,16H2,1H3/t17-,20-/m0/s1. The summed E-state index contributed by atoms with van der Waals surface area (Å²) in [5.74, 6) is 1.75. The summed E-state index contributed by atoms with van der Waals surface area (Å²) < 4.78 is 16.8. The number of aryl methyl sites for hydroxylation is 2. The molecule has 3 heterocycles. The molecule has 2 saturated heterocycles. The number of nitrogens with zero attached hydrogens (tertiary/aromatic N) is 4. The highest BCUT2D eigenvalue weighted by molar-refractivity contribution is 6.30. The molecule has 1 aromatic carbocycles. The van der Waals surface area contributed by atoms with Crippen LogP contribution in [0.25, 0.3) is 0 Å². The van der Waals surface area contributed by atoms with E-state index in [1.807, 2.05) is 28.9 Å². The lowest BCUT2D eigenvalue weighted by Gasteiger charge is -2.39. The van der Waals surface area contributed by atoms with Crippen molar-refractivity contribution in [3.63, 3.8) is 0 Å². The van der Waals surface area contributed by atoms with Crippen molar-refractivity contribution in [1.29, 1.82) is 0 Å². The van der Waals surface area contributed by atoms with Crippen LogP contribution in [0.3, 0.4) is 0 Å². The van der Waals surface area contributed by atoms with Gasteiger partial charge in [-0.05, 0) is 18.2 Å². The van der Waals surface area contributed by atoms with Crippen molar-refractivity contribution in [3.05, 3.63) is 41.0 Å². The molecule has 2 atom stereocenters. The SMILES string of the molecule is CCc1noc(CCC(=O)N2CC[C@H](Oc3cccc(Cl)c3)[C@@H](CC(=O)N3CCOCC3)C2)n1. The number of carbonyl (C=O) groups excluding carboxylic acids is 2. The summed E-state index contributed by atoms with van der Waals surface area (Å²) in [4.78, 5) is 33.9. The topological polar surface area (TPSA) is 98.0 Å². The fourth-order valence-corrected chi connectivity index (χ4v) is 4.56. The number of ether oxygens (including phenoxy) is 2. The van der Waals surface area contributed by atoms with Gasteiger partial charge in [0, 0.05) is 69.2 Å². The molecule has 0 radical (unpaired) electrons. The minimum absolute atomic E-state index is 0.0151. The third-order valence-electron chi connectivity index (χ3n) is 6.28. The van der Waals surface area contributed by atoms with Crippen molar-refractivity contribution < 1.29 is 23.6 Å². The van der Waals surface area contributed by atoms with Crippen molar-refractivity contribution in [3.8, 4) is 5.75 Å². The van der Waals surface area contributed by atoms with E-state index in [0.717, 1.165) is 0 Å². The van der Waals surface area contributed by atoms with E-state index in [9.17, 15) is 9.59 Å². The van der Waals surface area contributed by atoms with Crippen molar-refractivity contribution in [2.24, 2.45) is 5.92 Å². The van der Waals surface area contributed by atoms with Gasteiger partial charge in [0.25, 0.3) is 0 Å². The Morgan fingerprint density at radius 2 is 2.00 bits per heavy atom. The average molecular weight is 491 g/mol. The maximum atomic E-state index is 13.0. The zero-order chi connectivity index (χ0) is 23.9. The summed E-state index contributed by atoms with van der Waals surface area (Å²) in [6, 6.07) is 7.27. The van der Waals surface area contributed by atoms with Crippen LogP contribution in [0.2, 0.25) is 5.02 Å². The predicted molar refractivity (Wildman–Crippen MR) is 125 cm³/mol. The molecule has 0 bridgehead atoms. The molecule has 0 N–H and O–H groups in total. The molecule has 184 valence electrons. The number of amides is 2. The summed E-state index contributed by atoms with van der Waals surface area (Å²) in [6.07, 6.45) is 2.15. The normalized spacial score (nSPS) is 20.9. The van der Waals surface area contributed by atoms with Crippen LogP contribution in [0.4, 0.5) is 0 Å². The second-order valence-electron chi connectivity index (χ2n) is 8.66. The molecular formula is C24H31ClN4O5. The Labute approximate surface area is 204 Å². The van der Waals surface area contributed by atoms with Gasteiger partial charge in [0.2, 0.25) is 17.7 Å². The number of aromatic nitrogens is 2. The van der Waals surface area contributed by atoms with Crippen molar-refractivity contribution >= 4 is 23.4 Å². The third-order valence-corrected chi connectivity index (χ3v) is 6.52. The van der Waals surface area contributed by atoms with E-state index < -0.39 is 0 Å². The zero-order valence-corrected chi connectivity index (χ0v) is 20.2. The van der Waals surface area contributed by atoms with Gasteiger partial charge in [0.1, 0.15) is 11.9 Å². The maximum Gasteiger partial charge on any atom is 0.227 e. The van der Waals surface area contributed by atoms with Crippen LogP contribution in [0, 0.1) is 5.92 Å². The monoisotopic (exact) mass is 490 g/mol. The Balaban J connectivity index is 1.40. The fourth-order valence-electron chi connectivity index (χ4n) is 4.38. The Kier molecular flexibility index (Phi) is 8.39. The first-order chi connectivity index (χ1) is 16.5. The third kappa shape index (κ3) is 6.48. The molecular weight excluding hydrogens is 460 g/mol. The highest BCUT2D eigenvalue weighted by atomic mass is 35.5. The second kappa shape index (κ2) is 11.7. The van der Waals surface area contributed by atoms with E-state index in [4.69, 9.17) is 25.6 Å². The van der Waals surface area contributed by atoms with Gasteiger partial charge in [0.05, 0.1) is 13.2 Å². The van der Waals surface area contributed by atoms with Crippen LogP contribution in [0.5, 0.6) is 5.75 Å². The number of hydrogen-bond donors (Lipinski definition) is 0. The lowest BCUT2D eigenvalue weighted by Crippen LogP contribution is -2.50. The van der Waals surface area contributed by atoms with E-state index in [2.05, 4.69) is 10.1 Å². The Morgan fingerprint density at radius 3 is 2.74 bits per heavy atom. The van der Waals surface area contributed by atoms with Gasteiger partial charge < -0.3 is 23.8 Å². The maximum absolute atomic E-state index is 13.0. The Bertz CT molecular complexity index is 978. The van der Waals surface area contributed by atoms with E-state index in [1.165, 1.54) is 0 Å². The molecule has 4 rings (SSSR count). The lowest BCUT2D eigenvalue weighted by molar-refractivity contribution is -0.141. The van der Waals surface area contributed by atoms with Gasteiger partial charge in [-0.2, -0.15) is 4.98 Å². The number of carbonyl (C=O) groups is 2. The molecule has 0 saturated carbocycles. The van der Waals surface area contributed by atoms with Gasteiger partial charge in [-0.3, -0.25) is 9.59 Å². The van der Waals surface area contributed by atoms with Gasteiger partial charge >= 0.3 is 0 Å². The number of rotatable bonds is 8. The van der Waals surface area contributed by atoms with Crippen molar-refractivity contribution in [2.45, 2.75) is 45.1 Å².